The number of phenolic OH excluding ortho intramolecular Hbond substituents is 2. The van der Waals surface area contributed by atoms with Crippen molar-refractivity contribution in [3.63, 3.8) is 0 Å². The van der Waals surface area contributed by atoms with Crippen molar-refractivity contribution in [2.45, 2.75) is 6.17 Å². The number of carbonyl (C=O) groups excluding carboxylic acids is 1. The van der Waals surface area contributed by atoms with E-state index in [4.69, 9.17) is 11.6 Å². The lowest BCUT2D eigenvalue weighted by Gasteiger charge is -2.38. The van der Waals surface area contributed by atoms with Gasteiger partial charge in [0, 0.05) is 22.0 Å². The Bertz CT molecular complexity index is 989. The minimum Gasteiger partial charge on any atom is -0.504 e. The van der Waals surface area contributed by atoms with Crippen molar-refractivity contribution in [3.05, 3.63) is 82.9 Å². The molecule has 1 heterocycles. The highest BCUT2D eigenvalue weighted by molar-refractivity contribution is 6.30. The Hall–Kier alpha value is -3.18. The van der Waals surface area contributed by atoms with E-state index in [1.54, 1.807) is 54.6 Å². The smallest absolute Gasteiger partial charge is 0.262 e. The summed E-state index contributed by atoms with van der Waals surface area (Å²) in [6, 6.07) is 18.7. The van der Waals surface area contributed by atoms with E-state index in [1.807, 2.05) is 6.07 Å². The number of fused-ring (bicyclic) bond motifs is 1. The third-order valence-electron chi connectivity index (χ3n) is 4.37. The summed E-state index contributed by atoms with van der Waals surface area (Å²) >= 11 is 5.98. The van der Waals surface area contributed by atoms with Gasteiger partial charge >= 0.3 is 0 Å². The van der Waals surface area contributed by atoms with Crippen LogP contribution < -0.4 is 10.2 Å². The predicted octanol–water partition coefficient (Wildman–Crippen LogP) is 4.52. The maximum absolute atomic E-state index is 13.2. The molecule has 4 rings (SSSR count). The Morgan fingerprint density at radius 2 is 1.65 bits per heavy atom. The van der Waals surface area contributed by atoms with Crippen LogP contribution >= 0.6 is 11.6 Å². The summed E-state index contributed by atoms with van der Waals surface area (Å²) in [6.45, 7) is 0. The molecule has 130 valence electrons. The molecule has 0 spiro atoms. The molecule has 0 saturated carbocycles. The number of hydrogen-bond donors (Lipinski definition) is 3. The van der Waals surface area contributed by atoms with E-state index in [0.29, 0.717) is 27.5 Å². The fourth-order valence-electron chi connectivity index (χ4n) is 3.11. The van der Waals surface area contributed by atoms with Crippen LogP contribution in [-0.2, 0) is 0 Å². The van der Waals surface area contributed by atoms with Crippen LogP contribution in [0, 0.1) is 0 Å². The minimum atomic E-state index is -0.689. The van der Waals surface area contributed by atoms with E-state index in [-0.39, 0.29) is 17.4 Å². The zero-order chi connectivity index (χ0) is 18.3. The number of nitrogens with zero attached hydrogens (tertiary/aromatic N) is 1. The van der Waals surface area contributed by atoms with Crippen LogP contribution in [0.25, 0.3) is 0 Å². The van der Waals surface area contributed by atoms with Gasteiger partial charge in [0.2, 0.25) is 0 Å². The highest BCUT2D eigenvalue weighted by Crippen LogP contribution is 2.41. The second kappa shape index (κ2) is 6.28. The molecule has 1 aliphatic heterocycles. The van der Waals surface area contributed by atoms with E-state index >= 15 is 0 Å². The Labute approximate surface area is 155 Å². The van der Waals surface area contributed by atoms with Gasteiger partial charge in [-0.25, -0.2) is 0 Å². The van der Waals surface area contributed by atoms with Gasteiger partial charge in [0.05, 0.1) is 5.56 Å². The maximum atomic E-state index is 13.2. The Morgan fingerprint density at radius 1 is 0.923 bits per heavy atom. The van der Waals surface area contributed by atoms with Crippen LogP contribution in [0.2, 0.25) is 5.02 Å². The van der Waals surface area contributed by atoms with Gasteiger partial charge < -0.3 is 15.5 Å². The maximum Gasteiger partial charge on any atom is 0.262 e. The highest BCUT2D eigenvalue weighted by atomic mass is 35.5. The van der Waals surface area contributed by atoms with Crippen molar-refractivity contribution in [1.29, 1.82) is 0 Å². The molecule has 5 nitrogen and oxygen atoms in total. The average Bonchev–Trinajstić information content (AvgIpc) is 2.65. The summed E-state index contributed by atoms with van der Waals surface area (Å²) in [6.07, 6.45) is -0.689. The Kier molecular flexibility index (Phi) is 3.93. The second-order valence-electron chi connectivity index (χ2n) is 5.96. The number of carbonyl (C=O) groups is 1. The first-order valence-corrected chi connectivity index (χ1v) is 8.39. The quantitative estimate of drug-likeness (QED) is 0.583. The van der Waals surface area contributed by atoms with Gasteiger partial charge in [-0.05, 0) is 42.5 Å². The van der Waals surface area contributed by atoms with E-state index in [2.05, 4.69) is 5.32 Å². The molecule has 0 radical (unpaired) electrons. The number of amides is 1. The molecule has 26 heavy (non-hydrogen) atoms. The first kappa shape index (κ1) is 16.3. The van der Waals surface area contributed by atoms with Crippen molar-refractivity contribution in [2.75, 3.05) is 10.2 Å². The van der Waals surface area contributed by atoms with Gasteiger partial charge in [0.25, 0.3) is 5.91 Å². The molecule has 3 aromatic carbocycles. The van der Waals surface area contributed by atoms with Crippen LogP contribution in [0.5, 0.6) is 11.5 Å². The van der Waals surface area contributed by atoms with E-state index in [0.717, 1.165) is 0 Å². The number of rotatable bonds is 2. The lowest BCUT2D eigenvalue weighted by Crippen LogP contribution is -2.43. The van der Waals surface area contributed by atoms with E-state index < -0.39 is 6.17 Å². The summed E-state index contributed by atoms with van der Waals surface area (Å²) in [5, 5.41) is 24.1. The third-order valence-corrected chi connectivity index (χ3v) is 4.62. The Balaban J connectivity index is 1.90. The molecule has 0 bridgehead atoms. The van der Waals surface area contributed by atoms with Gasteiger partial charge in [-0.2, -0.15) is 0 Å². The first-order valence-electron chi connectivity index (χ1n) is 8.02. The van der Waals surface area contributed by atoms with Gasteiger partial charge in [-0.15, -0.1) is 0 Å². The SMILES string of the molecule is O=C1c2ccccc2N[C@@H](c2cccc(O)c2O)N1c1ccc(Cl)cc1. The molecule has 0 fully saturated rings. The van der Waals surface area contributed by atoms with Crippen molar-refractivity contribution in [1.82, 2.24) is 0 Å². The zero-order valence-electron chi connectivity index (χ0n) is 13.6. The number of halogens is 1. The summed E-state index contributed by atoms with van der Waals surface area (Å²) in [5.41, 5.74) is 2.20. The minimum absolute atomic E-state index is 0.214. The van der Waals surface area contributed by atoms with E-state index in [1.165, 1.54) is 11.0 Å². The van der Waals surface area contributed by atoms with Crippen molar-refractivity contribution >= 4 is 28.9 Å². The second-order valence-corrected chi connectivity index (χ2v) is 6.40. The number of para-hydroxylation sites is 2. The number of anilines is 2. The topological polar surface area (TPSA) is 72.8 Å². The van der Waals surface area contributed by atoms with Crippen LogP contribution in [-0.4, -0.2) is 16.1 Å². The monoisotopic (exact) mass is 366 g/mol. The standard InChI is InChI=1S/C20H15ClN2O3/c21-12-8-10-13(11-9-12)23-19(15-5-3-7-17(24)18(15)25)22-16-6-2-1-4-14(16)20(23)26/h1-11,19,22,24-25H/t19-/m1/s1. The highest BCUT2D eigenvalue weighted by Gasteiger charge is 2.35. The number of hydrogen-bond acceptors (Lipinski definition) is 4. The molecular formula is C20H15ClN2O3. The van der Waals surface area contributed by atoms with Gasteiger partial charge in [-0.1, -0.05) is 35.9 Å². The first-order chi connectivity index (χ1) is 12.6. The van der Waals surface area contributed by atoms with Crippen molar-refractivity contribution in [2.24, 2.45) is 0 Å². The van der Waals surface area contributed by atoms with Crippen LogP contribution in [0.15, 0.2) is 66.7 Å². The van der Waals surface area contributed by atoms with E-state index in [9.17, 15) is 15.0 Å². The van der Waals surface area contributed by atoms with Gasteiger partial charge in [0.15, 0.2) is 11.5 Å². The fraction of sp³-hybridized carbons (Fsp3) is 0.0500. The molecule has 0 aromatic heterocycles. The lowest BCUT2D eigenvalue weighted by molar-refractivity contribution is 0.0974. The molecule has 3 aromatic rings. The van der Waals surface area contributed by atoms with Crippen LogP contribution in [0.1, 0.15) is 22.1 Å². The number of benzene rings is 3. The zero-order valence-corrected chi connectivity index (χ0v) is 14.3. The lowest BCUT2D eigenvalue weighted by atomic mass is 10.0. The molecule has 0 aliphatic carbocycles. The molecule has 1 amide bonds. The number of phenols is 2. The Morgan fingerprint density at radius 3 is 2.42 bits per heavy atom. The molecule has 0 unspecified atom stereocenters. The summed E-state index contributed by atoms with van der Waals surface area (Å²) in [7, 11) is 0. The molecule has 6 heteroatoms. The molecule has 1 atom stereocenters. The molecule has 3 N–H and O–H groups in total. The number of nitrogens with one attached hydrogen (secondary N) is 1. The average molecular weight is 367 g/mol. The van der Waals surface area contributed by atoms with Crippen LogP contribution in [0.4, 0.5) is 11.4 Å². The van der Waals surface area contributed by atoms with Crippen molar-refractivity contribution in [3.8, 4) is 11.5 Å². The largest absolute Gasteiger partial charge is 0.504 e. The predicted molar refractivity (Wildman–Crippen MR) is 101 cm³/mol. The van der Waals surface area contributed by atoms with Gasteiger partial charge in [0.1, 0.15) is 6.17 Å². The summed E-state index contributed by atoms with van der Waals surface area (Å²) in [5.74, 6) is -0.725. The molecular weight excluding hydrogens is 352 g/mol. The molecule has 0 saturated heterocycles. The fourth-order valence-corrected chi connectivity index (χ4v) is 3.23. The summed E-state index contributed by atoms with van der Waals surface area (Å²) < 4.78 is 0. The van der Waals surface area contributed by atoms with Crippen LogP contribution in [0.3, 0.4) is 0 Å². The number of aromatic hydroxyl groups is 2. The normalized spacial score (nSPS) is 16.1. The summed E-state index contributed by atoms with van der Waals surface area (Å²) in [4.78, 5) is 14.7. The van der Waals surface area contributed by atoms with Gasteiger partial charge in [-0.3, -0.25) is 9.69 Å². The molecule has 1 aliphatic rings. The van der Waals surface area contributed by atoms with Crippen molar-refractivity contribution < 1.29 is 15.0 Å². The third kappa shape index (κ3) is 2.62.